The molecule has 0 aliphatic rings. The Labute approximate surface area is 316 Å². The number of nitrogens with two attached hydrogens (primary N) is 1. The smallest absolute Gasteiger partial charge is 0.326 e. The van der Waals surface area contributed by atoms with Crippen molar-refractivity contribution in [3.05, 3.63) is 0 Å². The predicted octanol–water partition coefficient (Wildman–Crippen LogP) is 12.5. The Morgan fingerprint density at radius 3 is 1.22 bits per heavy atom. The minimum atomic E-state index is -1.00. The predicted molar refractivity (Wildman–Crippen MR) is 216 cm³/mol. The van der Waals surface area contributed by atoms with Crippen molar-refractivity contribution in [2.45, 2.75) is 257 Å². The molecule has 0 radical (unpaired) electrons. The highest BCUT2D eigenvalue weighted by atomic mass is 16.5. The molecular formula is C44H86N2O5. The maximum Gasteiger partial charge on any atom is 0.326 e. The van der Waals surface area contributed by atoms with E-state index in [1.807, 2.05) is 0 Å². The van der Waals surface area contributed by atoms with Crippen LogP contribution in [0.2, 0.25) is 0 Å². The van der Waals surface area contributed by atoms with Gasteiger partial charge in [-0.05, 0) is 57.9 Å². The van der Waals surface area contributed by atoms with E-state index in [9.17, 15) is 19.5 Å². The number of nitrogens with one attached hydrogen (secondary N) is 1. The number of ether oxygens (including phenoxy) is 1. The number of amides is 1. The third-order valence-electron chi connectivity index (χ3n) is 10.4. The Bertz CT molecular complexity index is 777. The Balaban J connectivity index is 4.25. The number of unbranched alkanes of at least 4 members (excludes halogenated alkanes) is 27. The summed E-state index contributed by atoms with van der Waals surface area (Å²) in [6.45, 7) is 4.96. The lowest BCUT2D eigenvalue weighted by atomic mass is 10.0. The fourth-order valence-electron chi connectivity index (χ4n) is 7.04. The second kappa shape index (κ2) is 39.6. The zero-order chi connectivity index (χ0) is 37.5. The largest absolute Gasteiger partial charge is 0.480 e. The van der Waals surface area contributed by atoms with Crippen molar-refractivity contribution in [1.82, 2.24) is 5.32 Å². The Kier molecular flexibility index (Phi) is 38.3. The Morgan fingerprint density at radius 2 is 0.843 bits per heavy atom. The van der Waals surface area contributed by atoms with Crippen molar-refractivity contribution < 1.29 is 24.2 Å². The fraction of sp³-hybridized carbons (Fsp3) is 0.932. The van der Waals surface area contributed by atoms with E-state index in [1.54, 1.807) is 0 Å². The van der Waals surface area contributed by atoms with E-state index >= 15 is 0 Å². The Morgan fingerprint density at radius 1 is 0.490 bits per heavy atom. The lowest BCUT2D eigenvalue weighted by Gasteiger charge is -2.18. The molecular weight excluding hydrogens is 636 g/mol. The van der Waals surface area contributed by atoms with Gasteiger partial charge in [0, 0.05) is 12.8 Å². The molecule has 4 N–H and O–H groups in total. The molecule has 0 bridgehead atoms. The van der Waals surface area contributed by atoms with Crippen LogP contribution in [0.5, 0.6) is 0 Å². The highest BCUT2D eigenvalue weighted by Gasteiger charge is 2.19. The quantitative estimate of drug-likeness (QED) is 0.0427. The summed E-state index contributed by atoms with van der Waals surface area (Å²) in [6, 6.07) is -0.851. The van der Waals surface area contributed by atoms with E-state index in [1.165, 1.54) is 141 Å². The van der Waals surface area contributed by atoms with E-state index in [-0.39, 0.29) is 18.0 Å². The molecule has 0 aromatic heterocycles. The molecule has 1 amide bonds. The van der Waals surface area contributed by atoms with Crippen molar-refractivity contribution in [1.29, 1.82) is 0 Å². The summed E-state index contributed by atoms with van der Waals surface area (Å²) in [5, 5.41) is 11.9. The number of carboxylic acids is 1. The molecule has 51 heavy (non-hydrogen) atoms. The van der Waals surface area contributed by atoms with Crippen LogP contribution < -0.4 is 11.1 Å². The maximum absolute atomic E-state index is 12.8. The van der Waals surface area contributed by atoms with E-state index in [0.29, 0.717) is 32.2 Å². The number of carbonyl (C=O) groups is 3. The lowest BCUT2D eigenvalue weighted by molar-refractivity contribution is -0.150. The number of carboxylic acid groups (broad SMARTS) is 1. The van der Waals surface area contributed by atoms with Crippen LogP contribution >= 0.6 is 0 Å². The standard InChI is InChI=1S/C44H86N2O5/c1-3-5-7-9-11-13-15-16-17-19-21-23-28-32-38-43(48)51-40(34-29-25-22-20-18-14-12-10-8-6-4-2)35-30-26-24-27-31-37-42(47)46-41(44(49)50)36-33-39-45/h40-41H,3-39,45H2,1-2H3,(H,46,47)(H,49,50). The van der Waals surface area contributed by atoms with Crippen molar-refractivity contribution in [3.63, 3.8) is 0 Å². The molecule has 0 aliphatic heterocycles. The SMILES string of the molecule is CCCCCCCCCCCCCCCCC(=O)OC(CCCCCCCCCCCCC)CCCCCCCC(=O)NC(CCCN)C(=O)O. The molecule has 0 aliphatic carbocycles. The number of rotatable bonds is 41. The van der Waals surface area contributed by atoms with E-state index in [0.717, 1.165) is 64.2 Å². The van der Waals surface area contributed by atoms with Gasteiger partial charge in [0.25, 0.3) is 0 Å². The van der Waals surface area contributed by atoms with Gasteiger partial charge in [0.15, 0.2) is 0 Å². The first kappa shape index (κ1) is 49.4. The van der Waals surface area contributed by atoms with Crippen molar-refractivity contribution in [2.75, 3.05) is 6.54 Å². The zero-order valence-electron chi connectivity index (χ0n) is 34.0. The van der Waals surface area contributed by atoms with Crippen molar-refractivity contribution >= 4 is 17.8 Å². The second-order valence-electron chi connectivity index (χ2n) is 15.5. The van der Waals surface area contributed by atoms with Crippen LogP contribution in [0.3, 0.4) is 0 Å². The number of carbonyl (C=O) groups excluding carboxylic acids is 2. The van der Waals surface area contributed by atoms with Gasteiger partial charge in [-0.2, -0.15) is 0 Å². The molecule has 0 aromatic rings. The molecule has 0 saturated carbocycles. The summed E-state index contributed by atoms with van der Waals surface area (Å²) in [7, 11) is 0. The minimum Gasteiger partial charge on any atom is -0.480 e. The summed E-state index contributed by atoms with van der Waals surface area (Å²) in [6.07, 6.45) is 41.4. The first-order valence-corrected chi connectivity index (χ1v) is 22.4. The van der Waals surface area contributed by atoms with Gasteiger partial charge in [0.05, 0.1) is 0 Å². The van der Waals surface area contributed by atoms with Crippen LogP contribution in [-0.2, 0) is 19.1 Å². The number of aliphatic carboxylic acids is 1. The van der Waals surface area contributed by atoms with Crippen LogP contribution in [0.15, 0.2) is 0 Å². The van der Waals surface area contributed by atoms with Crippen molar-refractivity contribution in [3.8, 4) is 0 Å². The molecule has 302 valence electrons. The van der Waals surface area contributed by atoms with Crippen molar-refractivity contribution in [2.24, 2.45) is 5.73 Å². The molecule has 0 heterocycles. The van der Waals surface area contributed by atoms with Crippen LogP contribution in [0.1, 0.15) is 245 Å². The van der Waals surface area contributed by atoms with Crippen LogP contribution in [-0.4, -0.2) is 41.6 Å². The first-order chi connectivity index (χ1) is 24.9. The van der Waals surface area contributed by atoms with E-state index < -0.39 is 12.0 Å². The number of hydrogen-bond acceptors (Lipinski definition) is 5. The summed E-state index contributed by atoms with van der Waals surface area (Å²) in [5.41, 5.74) is 5.48. The third-order valence-corrected chi connectivity index (χ3v) is 10.4. The molecule has 2 atom stereocenters. The Hall–Kier alpha value is -1.63. The third kappa shape index (κ3) is 36.5. The van der Waals surface area contributed by atoms with Gasteiger partial charge in [0.1, 0.15) is 12.1 Å². The van der Waals surface area contributed by atoms with Gasteiger partial charge in [-0.3, -0.25) is 9.59 Å². The molecule has 0 saturated heterocycles. The fourth-order valence-corrected chi connectivity index (χ4v) is 7.04. The molecule has 0 aromatic carbocycles. The van der Waals surface area contributed by atoms with Crippen LogP contribution in [0.25, 0.3) is 0 Å². The first-order valence-electron chi connectivity index (χ1n) is 22.4. The molecule has 0 rings (SSSR count). The number of hydrogen-bond donors (Lipinski definition) is 3. The van der Waals surface area contributed by atoms with E-state index in [4.69, 9.17) is 10.5 Å². The average Bonchev–Trinajstić information content (AvgIpc) is 3.11. The molecule has 7 nitrogen and oxygen atoms in total. The second-order valence-corrected chi connectivity index (χ2v) is 15.5. The normalized spacial score (nSPS) is 12.5. The minimum absolute atomic E-state index is 0.0147. The van der Waals surface area contributed by atoms with Gasteiger partial charge >= 0.3 is 11.9 Å². The molecule has 0 fully saturated rings. The van der Waals surface area contributed by atoms with Gasteiger partial charge in [0.2, 0.25) is 5.91 Å². The summed E-state index contributed by atoms with van der Waals surface area (Å²) in [4.78, 5) is 36.4. The highest BCUT2D eigenvalue weighted by Crippen LogP contribution is 2.19. The number of esters is 1. The van der Waals surface area contributed by atoms with Gasteiger partial charge in [-0.25, -0.2) is 4.79 Å². The molecule has 0 spiro atoms. The monoisotopic (exact) mass is 723 g/mol. The van der Waals surface area contributed by atoms with Gasteiger partial charge < -0.3 is 20.9 Å². The maximum atomic E-state index is 12.8. The molecule has 7 heteroatoms. The van der Waals surface area contributed by atoms with Gasteiger partial charge in [-0.15, -0.1) is 0 Å². The summed E-state index contributed by atoms with van der Waals surface area (Å²) in [5.74, 6) is -1.21. The van der Waals surface area contributed by atoms with E-state index in [2.05, 4.69) is 19.2 Å². The lowest BCUT2D eigenvalue weighted by Crippen LogP contribution is -2.40. The van der Waals surface area contributed by atoms with Crippen LogP contribution in [0, 0.1) is 0 Å². The molecule has 2 unspecified atom stereocenters. The average molecular weight is 723 g/mol. The topological polar surface area (TPSA) is 119 Å². The van der Waals surface area contributed by atoms with Crippen LogP contribution in [0.4, 0.5) is 0 Å². The summed E-state index contributed by atoms with van der Waals surface area (Å²) < 4.78 is 6.05. The highest BCUT2D eigenvalue weighted by molar-refractivity contribution is 5.83. The van der Waals surface area contributed by atoms with Gasteiger partial charge in [-0.1, -0.05) is 181 Å². The summed E-state index contributed by atoms with van der Waals surface area (Å²) >= 11 is 0. The zero-order valence-corrected chi connectivity index (χ0v) is 34.0.